The van der Waals surface area contributed by atoms with Gasteiger partial charge in [-0.25, -0.2) is 0 Å². The lowest BCUT2D eigenvalue weighted by Gasteiger charge is -2.30. The summed E-state index contributed by atoms with van der Waals surface area (Å²) < 4.78 is 6.19. The van der Waals surface area contributed by atoms with Crippen molar-refractivity contribution < 1.29 is 19.1 Å². The van der Waals surface area contributed by atoms with Crippen molar-refractivity contribution in [3.05, 3.63) is 52.5 Å². The fourth-order valence-electron chi connectivity index (χ4n) is 4.03. The average molecular weight is 606 g/mol. The molecule has 0 aliphatic carbocycles. The molecule has 0 aliphatic heterocycles. The van der Waals surface area contributed by atoms with Gasteiger partial charge in [0, 0.05) is 23.1 Å². The number of benzene rings is 2. The predicted molar refractivity (Wildman–Crippen MR) is 171 cm³/mol. The number of carbonyl (C=O) groups is 3. The number of carbonyl (C=O) groups excluding carboxylic acids is 3. The van der Waals surface area contributed by atoms with Gasteiger partial charge in [-0.3, -0.25) is 14.4 Å². The summed E-state index contributed by atoms with van der Waals surface area (Å²) in [5, 5.41) is 4.32. The SMILES string of the molecule is CCC(C)(C)c1ccc(OCCCC(=O)Nc2ccc(Cl)c(NC(=O)C(Cl)C(=O)C(C)(C)C)c2)c(C(C)(C)CC)c1. The number of hydrogen-bond donors (Lipinski definition) is 2. The molecule has 0 saturated heterocycles. The number of ketones is 1. The highest BCUT2D eigenvalue weighted by molar-refractivity contribution is 6.44. The molecule has 2 rings (SSSR count). The van der Waals surface area contributed by atoms with Crippen LogP contribution in [0.25, 0.3) is 0 Å². The molecule has 0 aromatic heterocycles. The summed E-state index contributed by atoms with van der Waals surface area (Å²) in [6.45, 7) is 18.8. The quantitative estimate of drug-likeness (QED) is 0.136. The minimum Gasteiger partial charge on any atom is -0.493 e. The molecule has 2 amide bonds. The highest BCUT2D eigenvalue weighted by atomic mass is 35.5. The smallest absolute Gasteiger partial charge is 0.250 e. The summed E-state index contributed by atoms with van der Waals surface area (Å²) in [4.78, 5) is 37.6. The first-order chi connectivity index (χ1) is 18.9. The van der Waals surface area contributed by atoms with Crippen LogP contribution in [0, 0.1) is 5.41 Å². The van der Waals surface area contributed by atoms with Crippen LogP contribution in [0.15, 0.2) is 36.4 Å². The summed E-state index contributed by atoms with van der Waals surface area (Å²) in [5.74, 6) is -0.411. The van der Waals surface area contributed by atoms with E-state index in [1.165, 1.54) is 17.2 Å². The molecule has 41 heavy (non-hydrogen) atoms. The number of ether oxygens (including phenoxy) is 1. The first-order valence-corrected chi connectivity index (χ1v) is 15.1. The van der Waals surface area contributed by atoms with Gasteiger partial charge in [-0.15, -0.1) is 11.6 Å². The third-order valence-corrected chi connectivity index (χ3v) is 8.50. The van der Waals surface area contributed by atoms with Gasteiger partial charge in [0.05, 0.1) is 17.3 Å². The maximum absolute atomic E-state index is 12.7. The lowest BCUT2D eigenvalue weighted by atomic mass is 9.76. The Balaban J connectivity index is 2.01. The molecular weight excluding hydrogens is 559 g/mol. The molecule has 0 heterocycles. The second-order valence-corrected chi connectivity index (χ2v) is 13.7. The van der Waals surface area contributed by atoms with E-state index >= 15 is 0 Å². The third-order valence-electron chi connectivity index (χ3n) is 7.77. The summed E-state index contributed by atoms with van der Waals surface area (Å²) in [5.41, 5.74) is 2.46. The van der Waals surface area contributed by atoms with Crippen LogP contribution >= 0.6 is 23.2 Å². The molecule has 2 aromatic carbocycles. The maximum Gasteiger partial charge on any atom is 0.250 e. The van der Waals surface area contributed by atoms with Gasteiger partial charge in [0.25, 0.3) is 0 Å². The molecular formula is C33H46Cl2N2O4. The van der Waals surface area contributed by atoms with Crippen LogP contribution < -0.4 is 15.4 Å². The topological polar surface area (TPSA) is 84.5 Å². The van der Waals surface area contributed by atoms with Crippen LogP contribution in [-0.4, -0.2) is 29.6 Å². The van der Waals surface area contributed by atoms with Crippen LogP contribution in [-0.2, 0) is 25.2 Å². The molecule has 0 bridgehead atoms. The second-order valence-electron chi connectivity index (χ2n) is 12.8. The summed E-state index contributed by atoms with van der Waals surface area (Å²) >= 11 is 12.3. The Morgan fingerprint density at radius 2 is 1.51 bits per heavy atom. The molecule has 0 spiro atoms. The Hall–Kier alpha value is -2.57. The number of halogens is 2. The Morgan fingerprint density at radius 1 is 0.878 bits per heavy atom. The molecule has 226 valence electrons. The van der Waals surface area contributed by atoms with Crippen molar-refractivity contribution in [2.45, 2.75) is 104 Å². The van der Waals surface area contributed by atoms with E-state index in [4.69, 9.17) is 27.9 Å². The first kappa shape index (κ1) is 34.6. The number of rotatable bonds is 13. The number of Topliss-reactive ketones (excluding diaryl/α,β-unsaturated/α-hetero) is 1. The van der Waals surface area contributed by atoms with Gasteiger partial charge < -0.3 is 15.4 Å². The number of alkyl halides is 1. The van der Waals surface area contributed by atoms with E-state index in [0.29, 0.717) is 18.7 Å². The van der Waals surface area contributed by atoms with Crippen LogP contribution in [0.1, 0.15) is 99.1 Å². The Kier molecular flexibility index (Phi) is 11.9. The Bertz CT molecular complexity index is 1250. The molecule has 0 aliphatic rings. The molecule has 2 aromatic rings. The van der Waals surface area contributed by atoms with Crippen LogP contribution in [0.4, 0.5) is 11.4 Å². The predicted octanol–water partition coefficient (Wildman–Crippen LogP) is 8.67. The molecule has 2 N–H and O–H groups in total. The minimum absolute atomic E-state index is 0.0439. The summed E-state index contributed by atoms with van der Waals surface area (Å²) in [6.07, 6.45) is 2.80. The molecule has 8 heteroatoms. The molecule has 6 nitrogen and oxygen atoms in total. The van der Waals surface area contributed by atoms with E-state index in [-0.39, 0.29) is 33.9 Å². The minimum atomic E-state index is -1.36. The zero-order chi connectivity index (χ0) is 31.2. The van der Waals surface area contributed by atoms with Gasteiger partial charge in [0.2, 0.25) is 11.8 Å². The van der Waals surface area contributed by atoms with Gasteiger partial charge in [0.15, 0.2) is 11.2 Å². The van der Waals surface area contributed by atoms with E-state index in [9.17, 15) is 14.4 Å². The highest BCUT2D eigenvalue weighted by Crippen LogP contribution is 2.38. The maximum atomic E-state index is 12.7. The monoisotopic (exact) mass is 604 g/mol. The largest absolute Gasteiger partial charge is 0.493 e. The zero-order valence-corrected chi connectivity index (χ0v) is 27.5. The molecule has 0 saturated carbocycles. The number of hydrogen-bond acceptors (Lipinski definition) is 4. The third kappa shape index (κ3) is 9.47. The fraction of sp³-hybridized carbons (Fsp3) is 0.545. The van der Waals surface area contributed by atoms with E-state index in [1.807, 2.05) is 0 Å². The zero-order valence-electron chi connectivity index (χ0n) is 26.0. The lowest BCUT2D eigenvalue weighted by molar-refractivity contribution is -0.130. The van der Waals surface area contributed by atoms with Crippen molar-refractivity contribution in [3.8, 4) is 5.75 Å². The van der Waals surface area contributed by atoms with E-state index < -0.39 is 22.5 Å². The van der Waals surface area contributed by atoms with Gasteiger partial charge >= 0.3 is 0 Å². The van der Waals surface area contributed by atoms with Gasteiger partial charge in [-0.05, 0) is 59.9 Å². The summed E-state index contributed by atoms with van der Waals surface area (Å²) in [7, 11) is 0. The average Bonchev–Trinajstić information content (AvgIpc) is 2.91. The van der Waals surface area contributed by atoms with Crippen molar-refractivity contribution in [1.82, 2.24) is 0 Å². The lowest BCUT2D eigenvalue weighted by Crippen LogP contribution is -2.37. The molecule has 0 fully saturated rings. The molecule has 0 radical (unpaired) electrons. The van der Waals surface area contributed by atoms with E-state index in [1.54, 1.807) is 32.9 Å². The normalized spacial score (nSPS) is 13.0. The number of anilines is 2. The first-order valence-electron chi connectivity index (χ1n) is 14.3. The fourth-order valence-corrected chi connectivity index (χ4v) is 4.58. The number of nitrogens with one attached hydrogen (secondary N) is 2. The number of amides is 2. The van der Waals surface area contributed by atoms with Crippen LogP contribution in [0.3, 0.4) is 0 Å². The molecule has 1 atom stereocenters. The second kappa shape index (κ2) is 14.1. The van der Waals surface area contributed by atoms with Crippen molar-refractivity contribution >= 4 is 52.2 Å². The van der Waals surface area contributed by atoms with E-state index in [2.05, 4.69) is 70.4 Å². The van der Waals surface area contributed by atoms with Gasteiger partial charge in [-0.1, -0.05) is 86.0 Å². The van der Waals surface area contributed by atoms with Crippen LogP contribution in [0.5, 0.6) is 5.75 Å². The van der Waals surface area contributed by atoms with Crippen molar-refractivity contribution in [3.63, 3.8) is 0 Å². The Labute approximate surface area is 255 Å². The molecule has 1 unspecified atom stereocenters. The van der Waals surface area contributed by atoms with E-state index in [0.717, 1.165) is 18.6 Å². The van der Waals surface area contributed by atoms with Crippen LogP contribution in [0.2, 0.25) is 5.02 Å². The standard InChI is InChI=1S/C33H46Cl2N2O4/c1-10-32(6,7)21-14-17-26(23(19-21)33(8,9)11-2)41-18-12-13-27(38)36-22-15-16-24(34)25(20-22)37-30(40)28(35)29(39)31(3,4)5/h14-17,19-20,28H,10-13,18H2,1-9H3,(H,36,38)(H,37,40). The Morgan fingerprint density at radius 3 is 2.10 bits per heavy atom. The van der Waals surface area contributed by atoms with Crippen molar-refractivity contribution in [2.24, 2.45) is 5.41 Å². The van der Waals surface area contributed by atoms with Crippen molar-refractivity contribution in [1.29, 1.82) is 0 Å². The summed E-state index contributed by atoms with van der Waals surface area (Å²) in [6, 6.07) is 11.2. The van der Waals surface area contributed by atoms with Gasteiger partial charge in [0.1, 0.15) is 5.75 Å². The highest BCUT2D eigenvalue weighted by Gasteiger charge is 2.33. The van der Waals surface area contributed by atoms with Crippen molar-refractivity contribution in [2.75, 3.05) is 17.2 Å². The van der Waals surface area contributed by atoms with Gasteiger partial charge in [-0.2, -0.15) is 0 Å².